The zero-order chi connectivity index (χ0) is 19.6. The lowest BCUT2D eigenvalue weighted by atomic mass is 9.70. The Labute approximate surface area is 163 Å². The summed E-state index contributed by atoms with van der Waals surface area (Å²) in [4.78, 5) is 22.9. The number of rotatable bonds is 9. The summed E-state index contributed by atoms with van der Waals surface area (Å²) in [6.45, 7) is 6.41. The Morgan fingerprint density at radius 1 is 0.889 bits per heavy atom. The molecule has 0 aromatic carbocycles. The lowest BCUT2D eigenvalue weighted by molar-refractivity contribution is -0.147. The van der Waals surface area contributed by atoms with Gasteiger partial charge in [-0.05, 0) is 83.0 Å². The molecular formula is C22H36O5. The van der Waals surface area contributed by atoms with Crippen LogP contribution in [0.25, 0.3) is 0 Å². The van der Waals surface area contributed by atoms with E-state index >= 15 is 0 Å². The zero-order valence-electron chi connectivity index (χ0n) is 17.0. The standard InChI is InChI=1S/C22H36O5/c1-16(2)21(23)27-15-5-4-14-26-20-12-10-18(11-13-20)17-6-8-19(9-7-17)22(24)25-3/h17-20H,1,4-15H2,2-3H3. The molecule has 0 spiro atoms. The molecule has 2 fully saturated rings. The molecule has 27 heavy (non-hydrogen) atoms. The second-order valence-corrected chi connectivity index (χ2v) is 8.17. The van der Waals surface area contributed by atoms with Crippen molar-refractivity contribution < 1.29 is 23.8 Å². The van der Waals surface area contributed by atoms with Crippen molar-refractivity contribution in [3.05, 3.63) is 12.2 Å². The van der Waals surface area contributed by atoms with Crippen LogP contribution in [0.3, 0.4) is 0 Å². The van der Waals surface area contributed by atoms with E-state index in [9.17, 15) is 9.59 Å². The number of ether oxygens (including phenoxy) is 3. The Hall–Kier alpha value is -1.36. The third-order valence-electron chi connectivity index (χ3n) is 6.17. The summed E-state index contributed by atoms with van der Waals surface area (Å²) in [5, 5.41) is 0. The maximum atomic E-state index is 11.7. The van der Waals surface area contributed by atoms with Gasteiger partial charge in [-0.2, -0.15) is 0 Å². The highest BCUT2D eigenvalue weighted by atomic mass is 16.5. The first kappa shape index (κ1) is 21.9. The van der Waals surface area contributed by atoms with Gasteiger partial charge in [-0.15, -0.1) is 0 Å². The van der Waals surface area contributed by atoms with Crippen molar-refractivity contribution in [2.45, 2.75) is 77.2 Å². The monoisotopic (exact) mass is 380 g/mol. The number of carbonyl (C=O) groups excluding carboxylic acids is 2. The Morgan fingerprint density at radius 2 is 1.44 bits per heavy atom. The molecule has 0 atom stereocenters. The lowest BCUT2D eigenvalue weighted by Gasteiger charge is -2.37. The van der Waals surface area contributed by atoms with Crippen LogP contribution in [0, 0.1) is 17.8 Å². The maximum Gasteiger partial charge on any atom is 0.333 e. The maximum absolute atomic E-state index is 11.7. The quantitative estimate of drug-likeness (QED) is 0.336. The molecule has 0 bridgehead atoms. The fourth-order valence-corrected chi connectivity index (χ4v) is 4.46. The van der Waals surface area contributed by atoms with E-state index in [1.165, 1.54) is 32.8 Å². The molecule has 0 N–H and O–H groups in total. The highest BCUT2D eigenvalue weighted by Crippen LogP contribution is 2.40. The van der Waals surface area contributed by atoms with Crippen LogP contribution < -0.4 is 0 Å². The SMILES string of the molecule is C=C(C)C(=O)OCCCCOC1CCC(C2CCC(C(=O)OC)CC2)CC1. The molecule has 0 unspecified atom stereocenters. The van der Waals surface area contributed by atoms with Crippen LogP contribution >= 0.6 is 0 Å². The van der Waals surface area contributed by atoms with Crippen molar-refractivity contribution in [1.29, 1.82) is 0 Å². The predicted octanol–water partition coefficient (Wildman–Crippen LogP) is 4.44. The largest absolute Gasteiger partial charge is 0.469 e. The number of hydrogen-bond donors (Lipinski definition) is 0. The first-order valence-electron chi connectivity index (χ1n) is 10.5. The second kappa shape index (κ2) is 11.5. The van der Waals surface area contributed by atoms with E-state index in [1.807, 2.05) is 0 Å². The highest BCUT2D eigenvalue weighted by molar-refractivity contribution is 5.86. The molecule has 0 aliphatic heterocycles. The van der Waals surface area contributed by atoms with Gasteiger partial charge in [0.2, 0.25) is 0 Å². The fourth-order valence-electron chi connectivity index (χ4n) is 4.46. The van der Waals surface area contributed by atoms with E-state index in [-0.39, 0.29) is 17.9 Å². The van der Waals surface area contributed by atoms with E-state index in [0.29, 0.717) is 18.3 Å². The fraction of sp³-hybridized carbons (Fsp3) is 0.818. The molecule has 5 nitrogen and oxygen atoms in total. The molecule has 0 radical (unpaired) electrons. The molecular weight excluding hydrogens is 344 g/mol. The Balaban J connectivity index is 1.52. The van der Waals surface area contributed by atoms with Gasteiger partial charge >= 0.3 is 11.9 Å². The third-order valence-corrected chi connectivity index (χ3v) is 6.17. The van der Waals surface area contributed by atoms with Gasteiger partial charge in [-0.3, -0.25) is 4.79 Å². The van der Waals surface area contributed by atoms with Crippen LogP contribution in [0.5, 0.6) is 0 Å². The van der Waals surface area contributed by atoms with Crippen molar-refractivity contribution in [2.24, 2.45) is 17.8 Å². The molecule has 0 saturated heterocycles. The number of carbonyl (C=O) groups is 2. The summed E-state index contributed by atoms with van der Waals surface area (Å²) in [7, 11) is 1.49. The Morgan fingerprint density at radius 3 is 2.00 bits per heavy atom. The third kappa shape index (κ3) is 7.28. The van der Waals surface area contributed by atoms with Crippen LogP contribution in [-0.4, -0.2) is 38.4 Å². The van der Waals surface area contributed by atoms with Gasteiger partial charge in [0.15, 0.2) is 0 Å². The van der Waals surface area contributed by atoms with Crippen molar-refractivity contribution in [3.8, 4) is 0 Å². The molecule has 5 heteroatoms. The van der Waals surface area contributed by atoms with Gasteiger partial charge in [0.1, 0.15) is 0 Å². The van der Waals surface area contributed by atoms with Crippen LogP contribution in [0.4, 0.5) is 0 Å². The smallest absolute Gasteiger partial charge is 0.333 e. The van der Waals surface area contributed by atoms with Crippen LogP contribution in [0.1, 0.15) is 71.1 Å². The van der Waals surface area contributed by atoms with E-state index < -0.39 is 0 Å². The van der Waals surface area contributed by atoms with Gasteiger partial charge in [0, 0.05) is 12.2 Å². The summed E-state index contributed by atoms with van der Waals surface area (Å²) < 4.78 is 16.0. The zero-order valence-corrected chi connectivity index (χ0v) is 17.0. The van der Waals surface area contributed by atoms with Crippen molar-refractivity contribution in [2.75, 3.05) is 20.3 Å². The normalized spacial score (nSPS) is 28.4. The summed E-state index contributed by atoms with van der Waals surface area (Å²) in [5.74, 6) is 1.36. The topological polar surface area (TPSA) is 61.8 Å². The second-order valence-electron chi connectivity index (χ2n) is 8.17. The molecule has 2 saturated carbocycles. The van der Waals surface area contributed by atoms with Gasteiger partial charge in [0.05, 0.1) is 25.7 Å². The number of hydrogen-bond acceptors (Lipinski definition) is 5. The molecule has 154 valence electrons. The number of methoxy groups -OCH3 is 1. The summed E-state index contributed by atoms with van der Waals surface area (Å²) in [6, 6.07) is 0. The summed E-state index contributed by atoms with van der Waals surface area (Å²) in [6.07, 6.45) is 11.2. The van der Waals surface area contributed by atoms with Gasteiger partial charge in [-0.1, -0.05) is 6.58 Å². The summed E-state index contributed by atoms with van der Waals surface area (Å²) >= 11 is 0. The van der Waals surface area contributed by atoms with Gasteiger partial charge < -0.3 is 14.2 Å². The van der Waals surface area contributed by atoms with Gasteiger partial charge in [0.25, 0.3) is 0 Å². The van der Waals surface area contributed by atoms with E-state index in [4.69, 9.17) is 14.2 Å². The van der Waals surface area contributed by atoms with Crippen molar-refractivity contribution in [1.82, 2.24) is 0 Å². The average Bonchev–Trinajstić information content (AvgIpc) is 2.70. The molecule has 2 aliphatic rings. The number of esters is 2. The van der Waals surface area contributed by atoms with Crippen LogP contribution in [0.2, 0.25) is 0 Å². The molecule has 2 rings (SSSR count). The van der Waals surface area contributed by atoms with Gasteiger partial charge in [-0.25, -0.2) is 4.79 Å². The summed E-state index contributed by atoms with van der Waals surface area (Å²) in [5.41, 5.74) is 0.446. The lowest BCUT2D eigenvalue weighted by Crippen LogP contribution is -2.30. The Kier molecular flexibility index (Phi) is 9.32. The van der Waals surface area contributed by atoms with Crippen molar-refractivity contribution in [3.63, 3.8) is 0 Å². The van der Waals surface area contributed by atoms with E-state index in [2.05, 4.69) is 6.58 Å². The van der Waals surface area contributed by atoms with Crippen LogP contribution in [-0.2, 0) is 23.8 Å². The average molecular weight is 381 g/mol. The molecule has 0 aromatic rings. The minimum atomic E-state index is -0.310. The molecule has 0 heterocycles. The minimum absolute atomic E-state index is 0.0278. The molecule has 2 aliphatic carbocycles. The Bertz CT molecular complexity index is 485. The number of unbranched alkanes of at least 4 members (excludes halogenated alkanes) is 1. The first-order chi connectivity index (χ1) is 13.0. The van der Waals surface area contributed by atoms with Crippen LogP contribution in [0.15, 0.2) is 12.2 Å². The minimum Gasteiger partial charge on any atom is -0.469 e. The molecule has 0 amide bonds. The van der Waals surface area contributed by atoms with E-state index in [1.54, 1.807) is 6.92 Å². The van der Waals surface area contributed by atoms with E-state index in [0.717, 1.165) is 57.0 Å². The highest BCUT2D eigenvalue weighted by Gasteiger charge is 2.33. The molecule has 0 aromatic heterocycles. The first-order valence-corrected chi connectivity index (χ1v) is 10.5. The predicted molar refractivity (Wildman–Crippen MR) is 104 cm³/mol. The van der Waals surface area contributed by atoms with Crippen molar-refractivity contribution >= 4 is 11.9 Å².